The second kappa shape index (κ2) is 12.1. The van der Waals surface area contributed by atoms with Gasteiger partial charge in [-0.3, -0.25) is 4.90 Å². The number of amides is 2. The number of likely N-dealkylation sites (tertiary alicyclic amines) is 1. The maximum atomic E-state index is 13.8. The van der Waals surface area contributed by atoms with Gasteiger partial charge in [0.2, 0.25) is 0 Å². The number of carbonyl (C=O) groups excluding carboxylic acids is 1. The van der Waals surface area contributed by atoms with Crippen LogP contribution in [0.15, 0.2) is 36.4 Å². The molecule has 41 heavy (non-hydrogen) atoms. The summed E-state index contributed by atoms with van der Waals surface area (Å²) >= 11 is 0. The van der Waals surface area contributed by atoms with E-state index in [1.54, 1.807) is 14.2 Å². The quantitative estimate of drug-likeness (QED) is 0.306. The first-order valence-electron chi connectivity index (χ1n) is 15.3. The Morgan fingerprint density at radius 2 is 1.78 bits per heavy atom. The van der Waals surface area contributed by atoms with Crippen molar-refractivity contribution in [3.8, 4) is 17.2 Å². The summed E-state index contributed by atoms with van der Waals surface area (Å²) in [5.74, 6) is 3.13. The second-order valence-corrected chi connectivity index (χ2v) is 12.6. The molecule has 0 unspecified atom stereocenters. The van der Waals surface area contributed by atoms with Gasteiger partial charge in [0.25, 0.3) is 0 Å². The van der Waals surface area contributed by atoms with Gasteiger partial charge in [0.05, 0.1) is 40.6 Å². The molecule has 4 fully saturated rings. The molecular weight excluding hydrogens is 518 g/mol. The van der Waals surface area contributed by atoms with Gasteiger partial charge >= 0.3 is 6.03 Å². The third kappa shape index (κ3) is 6.28. The fourth-order valence-electron chi connectivity index (χ4n) is 6.46. The van der Waals surface area contributed by atoms with Crippen molar-refractivity contribution in [3.05, 3.63) is 47.5 Å². The molecule has 6 rings (SSSR count). The highest BCUT2D eigenvalue weighted by Gasteiger charge is 2.48. The Hall–Kier alpha value is -2.97. The Balaban J connectivity index is 1.09. The molecular formula is C33H45N3O5. The highest BCUT2D eigenvalue weighted by molar-refractivity contribution is 5.93. The van der Waals surface area contributed by atoms with Crippen molar-refractivity contribution >= 4 is 11.7 Å². The number of benzene rings is 2. The summed E-state index contributed by atoms with van der Waals surface area (Å²) in [6.45, 7) is 9.16. The maximum absolute atomic E-state index is 13.8. The predicted octanol–water partition coefficient (Wildman–Crippen LogP) is 5.37. The second-order valence-electron chi connectivity index (χ2n) is 12.6. The van der Waals surface area contributed by atoms with Crippen molar-refractivity contribution in [2.24, 2.45) is 11.3 Å². The van der Waals surface area contributed by atoms with Gasteiger partial charge in [0.15, 0.2) is 11.5 Å². The lowest BCUT2D eigenvalue weighted by molar-refractivity contribution is -0.188. The van der Waals surface area contributed by atoms with E-state index in [1.165, 1.54) is 24.8 Å². The van der Waals surface area contributed by atoms with E-state index in [9.17, 15) is 4.79 Å². The summed E-state index contributed by atoms with van der Waals surface area (Å²) in [6.07, 6.45) is 6.86. The van der Waals surface area contributed by atoms with Gasteiger partial charge in [-0.15, -0.1) is 0 Å². The Kier molecular flexibility index (Phi) is 8.31. The highest BCUT2D eigenvalue weighted by Crippen LogP contribution is 2.38. The number of nitrogens with zero attached hydrogens (tertiary/aromatic N) is 3. The van der Waals surface area contributed by atoms with E-state index in [-0.39, 0.29) is 12.1 Å². The van der Waals surface area contributed by atoms with E-state index >= 15 is 0 Å². The maximum Gasteiger partial charge on any atom is 0.325 e. The Morgan fingerprint density at radius 1 is 0.976 bits per heavy atom. The molecule has 3 saturated heterocycles. The average Bonchev–Trinajstić information content (AvgIpc) is 3.76. The number of rotatable bonds is 13. The van der Waals surface area contributed by atoms with Gasteiger partial charge in [-0.25, -0.2) is 4.79 Å². The number of methoxy groups -OCH3 is 2. The van der Waals surface area contributed by atoms with Gasteiger partial charge in [-0.05, 0) is 62.3 Å². The van der Waals surface area contributed by atoms with Gasteiger partial charge in [-0.1, -0.05) is 25.0 Å². The Bertz CT molecular complexity index is 1220. The van der Waals surface area contributed by atoms with Crippen LogP contribution in [0, 0.1) is 11.3 Å². The lowest BCUT2D eigenvalue weighted by atomic mass is 9.78. The summed E-state index contributed by atoms with van der Waals surface area (Å²) < 4.78 is 22.9. The third-order valence-electron chi connectivity index (χ3n) is 9.29. The number of carbonyl (C=O) groups is 1. The fourth-order valence-corrected chi connectivity index (χ4v) is 6.46. The van der Waals surface area contributed by atoms with Crippen LogP contribution in [-0.2, 0) is 17.7 Å². The van der Waals surface area contributed by atoms with Crippen LogP contribution < -0.4 is 19.1 Å². The molecule has 0 N–H and O–H groups in total. The van der Waals surface area contributed by atoms with Crippen LogP contribution in [0.5, 0.6) is 17.2 Å². The first-order chi connectivity index (χ1) is 20.0. The number of ether oxygens (including phenoxy) is 4. The number of hydrogen-bond donors (Lipinski definition) is 0. The van der Waals surface area contributed by atoms with E-state index in [4.69, 9.17) is 18.9 Å². The normalized spacial score (nSPS) is 21.9. The molecule has 0 radical (unpaired) electrons. The third-order valence-corrected chi connectivity index (χ3v) is 9.29. The van der Waals surface area contributed by atoms with Crippen LogP contribution in [-0.4, -0.2) is 82.1 Å². The Labute approximate surface area is 244 Å². The summed E-state index contributed by atoms with van der Waals surface area (Å²) in [4.78, 5) is 20.2. The minimum Gasteiger partial charge on any atom is -0.496 e. The topological polar surface area (TPSA) is 63.7 Å². The lowest BCUT2D eigenvalue weighted by Gasteiger charge is -2.55. The summed E-state index contributed by atoms with van der Waals surface area (Å²) in [5.41, 5.74) is 3.58. The van der Waals surface area contributed by atoms with E-state index in [1.807, 2.05) is 28.0 Å². The van der Waals surface area contributed by atoms with Gasteiger partial charge in [0.1, 0.15) is 5.75 Å². The highest BCUT2D eigenvalue weighted by atomic mass is 16.5. The van der Waals surface area contributed by atoms with E-state index in [2.05, 4.69) is 30.0 Å². The largest absolute Gasteiger partial charge is 0.496 e. The lowest BCUT2D eigenvalue weighted by Crippen LogP contribution is -2.66. The molecule has 2 aromatic carbocycles. The van der Waals surface area contributed by atoms with Crippen LogP contribution >= 0.6 is 0 Å². The molecule has 1 aliphatic carbocycles. The molecule has 1 saturated carbocycles. The minimum absolute atomic E-state index is 0.00594. The summed E-state index contributed by atoms with van der Waals surface area (Å²) in [7, 11) is 3.38. The Morgan fingerprint density at radius 3 is 2.49 bits per heavy atom. The number of hydrogen-bond acceptors (Lipinski definition) is 6. The van der Waals surface area contributed by atoms with Crippen molar-refractivity contribution in [2.75, 3.05) is 65.1 Å². The van der Waals surface area contributed by atoms with Crippen LogP contribution in [0.25, 0.3) is 0 Å². The van der Waals surface area contributed by atoms with E-state index < -0.39 is 0 Å². The summed E-state index contributed by atoms with van der Waals surface area (Å²) in [6, 6.07) is 12.4. The zero-order valence-corrected chi connectivity index (χ0v) is 24.9. The SMILES string of the molecule is COc1cc(CCN2CC3(COC3)C2)ccc1CN1C(=O)N(c2ccc(OC)c(OCCCC3CC3)c2)CC[C@@H]1C. The first kappa shape index (κ1) is 28.2. The van der Waals surface area contributed by atoms with Crippen LogP contribution in [0.3, 0.4) is 0 Å². The zero-order chi connectivity index (χ0) is 28.4. The molecule has 2 aromatic rings. The van der Waals surface area contributed by atoms with Crippen LogP contribution in [0.2, 0.25) is 0 Å². The first-order valence-corrected chi connectivity index (χ1v) is 15.3. The number of anilines is 1. The molecule has 4 aliphatic rings. The van der Waals surface area contributed by atoms with Gasteiger partial charge in [0, 0.05) is 55.0 Å². The molecule has 8 nitrogen and oxygen atoms in total. The molecule has 1 atom stereocenters. The van der Waals surface area contributed by atoms with Crippen molar-refractivity contribution in [1.29, 1.82) is 0 Å². The molecule has 0 bridgehead atoms. The fraction of sp³-hybridized carbons (Fsp3) is 0.606. The minimum atomic E-state index is 0.00594. The smallest absolute Gasteiger partial charge is 0.325 e. The van der Waals surface area contributed by atoms with Crippen LogP contribution in [0.1, 0.15) is 50.2 Å². The molecule has 3 heterocycles. The molecule has 1 spiro atoms. The molecule has 2 amide bonds. The van der Waals surface area contributed by atoms with E-state index in [0.29, 0.717) is 36.6 Å². The predicted molar refractivity (Wildman–Crippen MR) is 159 cm³/mol. The van der Waals surface area contributed by atoms with Gasteiger partial charge < -0.3 is 28.7 Å². The average molecular weight is 564 g/mol. The van der Waals surface area contributed by atoms with Crippen molar-refractivity contribution < 1.29 is 23.7 Å². The summed E-state index contributed by atoms with van der Waals surface area (Å²) in [5, 5.41) is 0. The molecule has 3 aliphatic heterocycles. The van der Waals surface area contributed by atoms with Crippen molar-refractivity contribution in [2.45, 2.75) is 58.0 Å². The monoisotopic (exact) mass is 563 g/mol. The molecule has 8 heteroatoms. The zero-order valence-electron chi connectivity index (χ0n) is 24.9. The van der Waals surface area contributed by atoms with E-state index in [0.717, 1.165) is 75.0 Å². The molecule has 222 valence electrons. The van der Waals surface area contributed by atoms with Crippen molar-refractivity contribution in [1.82, 2.24) is 9.80 Å². The van der Waals surface area contributed by atoms with Crippen molar-refractivity contribution in [3.63, 3.8) is 0 Å². The molecule has 0 aromatic heterocycles. The van der Waals surface area contributed by atoms with Gasteiger partial charge in [-0.2, -0.15) is 0 Å². The standard InChI is InChI=1S/C33H45N3O5/c1-24-12-15-35(28-10-11-29(38-2)31(18-28)41-16-4-5-25-6-7-25)32(37)36(24)19-27-9-8-26(17-30(27)39-3)13-14-34-20-33(21-34)22-40-23-33/h8-11,17-18,24-25H,4-7,12-16,19-23H2,1-3H3/t24-/m0/s1. The van der Waals surface area contributed by atoms with Crippen LogP contribution in [0.4, 0.5) is 10.5 Å². The number of urea groups is 1.